The minimum Gasteiger partial charge on any atom is -0.352 e. The number of benzene rings is 2. The first-order chi connectivity index (χ1) is 12.2. The van der Waals surface area contributed by atoms with Crippen LogP contribution in [-0.2, 0) is 24.3 Å². The minimum atomic E-state index is 0.0743. The fourth-order valence-corrected chi connectivity index (χ4v) is 3.37. The first-order valence-electron chi connectivity index (χ1n) is 9.31. The van der Waals surface area contributed by atoms with Crippen LogP contribution >= 0.6 is 0 Å². The van der Waals surface area contributed by atoms with E-state index in [1.54, 1.807) is 0 Å². The number of likely N-dealkylation sites (tertiary alicyclic amines) is 1. The van der Waals surface area contributed by atoms with Gasteiger partial charge in [0.15, 0.2) is 0 Å². The zero-order valence-corrected chi connectivity index (χ0v) is 15.1. The summed E-state index contributed by atoms with van der Waals surface area (Å²) in [5.74, 6) is 0.0743. The smallest absolute Gasteiger partial charge is 0.224 e. The number of amides is 1. The highest BCUT2D eigenvalue weighted by molar-refractivity contribution is 5.78. The Bertz CT molecular complexity index is 687. The van der Waals surface area contributed by atoms with E-state index in [9.17, 15) is 4.79 Å². The number of nitrogens with zero attached hydrogens (tertiary/aromatic N) is 1. The molecule has 1 aliphatic heterocycles. The number of nitrogens with one attached hydrogen (secondary N) is 1. The van der Waals surface area contributed by atoms with Gasteiger partial charge in [0.1, 0.15) is 0 Å². The van der Waals surface area contributed by atoms with Crippen LogP contribution in [0.5, 0.6) is 0 Å². The van der Waals surface area contributed by atoms with Crippen LogP contribution in [0.1, 0.15) is 41.5 Å². The predicted octanol–water partition coefficient (Wildman–Crippen LogP) is 3.84. The Labute approximate surface area is 151 Å². The second-order valence-corrected chi connectivity index (χ2v) is 7.10. The minimum absolute atomic E-state index is 0.0743. The van der Waals surface area contributed by atoms with Gasteiger partial charge in [0.2, 0.25) is 5.91 Å². The highest BCUT2D eigenvalue weighted by Gasteiger charge is 2.10. The average Bonchev–Trinajstić information content (AvgIpc) is 2.63. The molecule has 2 aromatic carbocycles. The summed E-state index contributed by atoms with van der Waals surface area (Å²) in [5.41, 5.74) is 4.79. The van der Waals surface area contributed by atoms with Crippen LogP contribution in [0.25, 0.3) is 0 Å². The molecule has 3 nitrogen and oxygen atoms in total. The molecule has 2 aromatic rings. The molecule has 0 unspecified atom stereocenters. The zero-order valence-electron chi connectivity index (χ0n) is 15.1. The molecule has 0 aliphatic carbocycles. The molecule has 0 saturated carbocycles. The summed E-state index contributed by atoms with van der Waals surface area (Å²) >= 11 is 0. The van der Waals surface area contributed by atoms with E-state index in [0.717, 1.165) is 12.1 Å². The van der Waals surface area contributed by atoms with Crippen molar-refractivity contribution in [2.75, 3.05) is 13.1 Å². The molecular formula is C22H28N2O. The predicted molar refractivity (Wildman–Crippen MR) is 102 cm³/mol. The third kappa shape index (κ3) is 5.71. The maximum atomic E-state index is 12.2. The monoisotopic (exact) mass is 336 g/mol. The van der Waals surface area contributed by atoms with Gasteiger partial charge in [-0.1, -0.05) is 60.5 Å². The molecule has 0 aromatic heterocycles. The van der Waals surface area contributed by atoms with Crippen molar-refractivity contribution < 1.29 is 4.79 Å². The third-order valence-electron chi connectivity index (χ3n) is 4.82. The number of piperidine rings is 1. The number of hydrogen-bond acceptors (Lipinski definition) is 2. The molecule has 25 heavy (non-hydrogen) atoms. The first kappa shape index (κ1) is 17.7. The summed E-state index contributed by atoms with van der Waals surface area (Å²) in [4.78, 5) is 14.7. The highest BCUT2D eigenvalue weighted by Crippen LogP contribution is 2.14. The standard InChI is InChI=1S/C22H28N2O/c1-18-8-10-19(11-9-18)15-22(25)23-16-20-6-5-7-21(14-20)17-24-12-3-2-4-13-24/h5-11,14H,2-4,12-13,15-17H2,1H3,(H,23,25). The van der Waals surface area contributed by atoms with Crippen molar-refractivity contribution in [3.63, 3.8) is 0 Å². The van der Waals surface area contributed by atoms with Gasteiger partial charge >= 0.3 is 0 Å². The Kier molecular flexibility index (Phi) is 6.24. The van der Waals surface area contributed by atoms with E-state index in [1.807, 2.05) is 24.3 Å². The lowest BCUT2D eigenvalue weighted by molar-refractivity contribution is -0.120. The van der Waals surface area contributed by atoms with Crippen molar-refractivity contribution in [2.24, 2.45) is 0 Å². The van der Waals surface area contributed by atoms with Crippen LogP contribution in [-0.4, -0.2) is 23.9 Å². The van der Waals surface area contributed by atoms with Crippen LogP contribution < -0.4 is 5.32 Å². The van der Waals surface area contributed by atoms with E-state index in [0.29, 0.717) is 13.0 Å². The molecule has 1 amide bonds. The van der Waals surface area contributed by atoms with Gasteiger partial charge in [-0.15, -0.1) is 0 Å². The first-order valence-corrected chi connectivity index (χ1v) is 9.31. The molecule has 0 spiro atoms. The van der Waals surface area contributed by atoms with Crippen LogP contribution in [0.15, 0.2) is 48.5 Å². The van der Waals surface area contributed by atoms with E-state index in [2.05, 4.69) is 41.4 Å². The summed E-state index contributed by atoms with van der Waals surface area (Å²) in [6.45, 7) is 6.08. The largest absolute Gasteiger partial charge is 0.352 e. The average molecular weight is 336 g/mol. The molecule has 0 radical (unpaired) electrons. The summed E-state index contributed by atoms with van der Waals surface area (Å²) in [7, 11) is 0. The lowest BCUT2D eigenvalue weighted by atomic mass is 10.1. The number of rotatable bonds is 6. The van der Waals surface area contributed by atoms with E-state index in [4.69, 9.17) is 0 Å². The Morgan fingerprint density at radius 3 is 2.44 bits per heavy atom. The van der Waals surface area contributed by atoms with Crippen molar-refractivity contribution in [3.05, 3.63) is 70.8 Å². The normalized spacial score (nSPS) is 15.1. The van der Waals surface area contributed by atoms with Crippen molar-refractivity contribution in [3.8, 4) is 0 Å². The quantitative estimate of drug-likeness (QED) is 0.869. The number of carbonyl (C=O) groups excluding carboxylic acids is 1. The second kappa shape index (κ2) is 8.82. The molecular weight excluding hydrogens is 308 g/mol. The number of hydrogen-bond donors (Lipinski definition) is 1. The third-order valence-corrected chi connectivity index (χ3v) is 4.82. The fraction of sp³-hybridized carbons (Fsp3) is 0.409. The summed E-state index contributed by atoms with van der Waals surface area (Å²) in [5, 5.41) is 3.04. The molecule has 1 saturated heterocycles. The molecule has 3 heteroatoms. The Balaban J connectivity index is 1.49. The molecule has 0 atom stereocenters. The van der Waals surface area contributed by atoms with Crippen molar-refractivity contribution in [2.45, 2.75) is 45.7 Å². The molecule has 1 fully saturated rings. The van der Waals surface area contributed by atoms with Gasteiger partial charge in [-0.2, -0.15) is 0 Å². The fourth-order valence-electron chi connectivity index (χ4n) is 3.37. The second-order valence-electron chi connectivity index (χ2n) is 7.10. The maximum Gasteiger partial charge on any atom is 0.224 e. The SMILES string of the molecule is Cc1ccc(CC(=O)NCc2cccc(CN3CCCCC3)c2)cc1. The maximum absolute atomic E-state index is 12.2. The number of carbonyl (C=O) groups is 1. The van der Waals surface area contributed by atoms with Gasteiger partial charge in [-0.3, -0.25) is 9.69 Å². The van der Waals surface area contributed by atoms with Crippen molar-refractivity contribution in [1.29, 1.82) is 0 Å². The molecule has 3 rings (SSSR count). The van der Waals surface area contributed by atoms with Gasteiger partial charge in [0.05, 0.1) is 6.42 Å². The van der Waals surface area contributed by atoms with Gasteiger partial charge in [-0.05, 0) is 49.5 Å². The van der Waals surface area contributed by atoms with Crippen LogP contribution in [0.4, 0.5) is 0 Å². The summed E-state index contributed by atoms with van der Waals surface area (Å²) < 4.78 is 0. The molecule has 1 aliphatic rings. The molecule has 1 N–H and O–H groups in total. The van der Waals surface area contributed by atoms with E-state index >= 15 is 0 Å². The highest BCUT2D eigenvalue weighted by atomic mass is 16.1. The van der Waals surface area contributed by atoms with Gasteiger partial charge in [0, 0.05) is 13.1 Å². The van der Waals surface area contributed by atoms with Crippen LogP contribution in [0.3, 0.4) is 0 Å². The van der Waals surface area contributed by atoms with E-state index < -0.39 is 0 Å². The molecule has 132 valence electrons. The van der Waals surface area contributed by atoms with E-state index in [1.165, 1.54) is 49.0 Å². The van der Waals surface area contributed by atoms with Crippen LogP contribution in [0.2, 0.25) is 0 Å². The van der Waals surface area contributed by atoms with Crippen LogP contribution in [0, 0.1) is 6.92 Å². The van der Waals surface area contributed by atoms with E-state index in [-0.39, 0.29) is 5.91 Å². The topological polar surface area (TPSA) is 32.3 Å². The molecule has 1 heterocycles. The van der Waals surface area contributed by atoms with Gasteiger partial charge < -0.3 is 5.32 Å². The Hall–Kier alpha value is -2.13. The Morgan fingerprint density at radius 2 is 1.68 bits per heavy atom. The van der Waals surface area contributed by atoms with Gasteiger partial charge in [-0.25, -0.2) is 0 Å². The zero-order chi connectivity index (χ0) is 17.5. The lowest BCUT2D eigenvalue weighted by Gasteiger charge is -2.26. The molecule has 0 bridgehead atoms. The van der Waals surface area contributed by atoms with Gasteiger partial charge in [0.25, 0.3) is 0 Å². The lowest BCUT2D eigenvalue weighted by Crippen LogP contribution is -2.29. The number of aryl methyl sites for hydroxylation is 1. The Morgan fingerprint density at radius 1 is 0.960 bits per heavy atom. The van der Waals surface area contributed by atoms with Crippen molar-refractivity contribution >= 4 is 5.91 Å². The summed E-state index contributed by atoms with van der Waals surface area (Å²) in [6, 6.07) is 16.7. The summed E-state index contributed by atoms with van der Waals surface area (Å²) in [6.07, 6.45) is 4.43. The van der Waals surface area contributed by atoms with Crippen molar-refractivity contribution in [1.82, 2.24) is 10.2 Å².